The van der Waals surface area contributed by atoms with Crippen molar-refractivity contribution in [2.24, 2.45) is 41.4 Å². The van der Waals surface area contributed by atoms with Gasteiger partial charge in [0.15, 0.2) is 0 Å². The van der Waals surface area contributed by atoms with Crippen LogP contribution in [0.1, 0.15) is 56.8 Å². The van der Waals surface area contributed by atoms with E-state index >= 15 is 0 Å². The zero-order valence-corrected chi connectivity index (χ0v) is 22.4. The van der Waals surface area contributed by atoms with Crippen molar-refractivity contribution in [1.82, 2.24) is 0 Å². The highest BCUT2D eigenvalue weighted by atomic mass is 79.9. The molecule has 5 nitrogen and oxygen atoms in total. The van der Waals surface area contributed by atoms with E-state index < -0.39 is 0 Å². The highest BCUT2D eigenvalue weighted by molar-refractivity contribution is 9.12. The predicted molar refractivity (Wildman–Crippen MR) is 133 cm³/mol. The van der Waals surface area contributed by atoms with Gasteiger partial charge in [-0.05, 0) is 73.1 Å². The molecule has 1 aromatic rings. The van der Waals surface area contributed by atoms with Crippen LogP contribution in [0, 0.1) is 41.4 Å². The second-order valence-electron chi connectivity index (χ2n) is 10.8. The minimum atomic E-state index is -0.329. The zero-order valence-electron chi connectivity index (χ0n) is 19.2. The third-order valence-corrected chi connectivity index (χ3v) is 11.8. The van der Waals surface area contributed by atoms with Crippen molar-refractivity contribution in [1.29, 1.82) is 0 Å². The molecule has 0 aromatic heterocycles. The first-order valence-corrected chi connectivity index (χ1v) is 14.0. The molecule has 33 heavy (non-hydrogen) atoms. The van der Waals surface area contributed by atoms with Gasteiger partial charge in [0.2, 0.25) is 11.8 Å². The summed E-state index contributed by atoms with van der Waals surface area (Å²) in [5.74, 6) is 0.760. The van der Waals surface area contributed by atoms with Crippen molar-refractivity contribution in [2.75, 3.05) is 4.90 Å². The van der Waals surface area contributed by atoms with Crippen LogP contribution in [0.3, 0.4) is 0 Å². The Morgan fingerprint density at radius 3 is 2.09 bits per heavy atom. The SMILES string of the molecule is CC(C)[C@@H]1CC[C@@H](C)C[C@H]1OC(=O)c1ccc(N2C(=O)[C@@H]3[C@@H]4C[C@@H]([C@@H](Br)[C@H]4Br)[C@@H]3C2=O)cc1. The van der Waals surface area contributed by atoms with Gasteiger partial charge in [0.1, 0.15) is 6.10 Å². The van der Waals surface area contributed by atoms with E-state index in [9.17, 15) is 14.4 Å². The maximum absolute atomic E-state index is 13.2. The van der Waals surface area contributed by atoms with Gasteiger partial charge < -0.3 is 4.74 Å². The van der Waals surface area contributed by atoms with Crippen LogP contribution in [0.25, 0.3) is 0 Å². The molecule has 1 saturated heterocycles. The monoisotopic (exact) mass is 579 g/mol. The van der Waals surface area contributed by atoms with Crippen molar-refractivity contribution in [2.45, 2.75) is 62.2 Å². The molecule has 3 saturated carbocycles. The normalized spacial score (nSPS) is 39.9. The summed E-state index contributed by atoms with van der Waals surface area (Å²) in [6, 6.07) is 6.77. The molecular weight excluding hydrogens is 550 g/mol. The Bertz CT molecular complexity index is 932. The quantitative estimate of drug-likeness (QED) is 0.265. The van der Waals surface area contributed by atoms with Crippen molar-refractivity contribution >= 4 is 55.3 Å². The highest BCUT2D eigenvalue weighted by Gasteiger charge is 2.66. The van der Waals surface area contributed by atoms with Crippen molar-refractivity contribution < 1.29 is 19.1 Å². The number of nitrogens with zero attached hydrogens (tertiary/aromatic N) is 1. The molecule has 4 aliphatic rings. The lowest BCUT2D eigenvalue weighted by atomic mass is 9.75. The van der Waals surface area contributed by atoms with E-state index in [0.29, 0.717) is 29.0 Å². The molecule has 1 aliphatic heterocycles. The molecule has 2 amide bonds. The van der Waals surface area contributed by atoms with Gasteiger partial charge in [0.05, 0.1) is 23.1 Å². The second kappa shape index (κ2) is 8.78. The topological polar surface area (TPSA) is 63.7 Å². The Balaban J connectivity index is 1.30. The van der Waals surface area contributed by atoms with Crippen LogP contribution in [-0.4, -0.2) is 33.5 Å². The summed E-state index contributed by atoms with van der Waals surface area (Å²) < 4.78 is 5.95. The van der Waals surface area contributed by atoms with Gasteiger partial charge in [-0.1, -0.05) is 59.1 Å². The Hall–Kier alpha value is -1.21. The number of hydrogen-bond acceptors (Lipinski definition) is 4. The van der Waals surface area contributed by atoms with Gasteiger partial charge in [-0.25, -0.2) is 4.79 Å². The maximum atomic E-state index is 13.2. The first-order valence-electron chi connectivity index (χ1n) is 12.2. The first kappa shape index (κ1) is 23.5. The molecule has 1 heterocycles. The molecule has 9 atom stereocenters. The lowest BCUT2D eigenvalue weighted by Gasteiger charge is -2.36. The number of amides is 2. The number of esters is 1. The summed E-state index contributed by atoms with van der Waals surface area (Å²) in [6.45, 7) is 6.60. The molecule has 7 heteroatoms. The number of benzene rings is 1. The largest absolute Gasteiger partial charge is 0.458 e. The Morgan fingerprint density at radius 2 is 1.55 bits per heavy atom. The molecular formula is C26H31Br2NO4. The summed E-state index contributed by atoms with van der Waals surface area (Å²) in [5, 5.41) is 0. The van der Waals surface area contributed by atoms with Crippen LogP contribution in [0.5, 0.6) is 0 Å². The van der Waals surface area contributed by atoms with E-state index in [-0.39, 0.29) is 57.2 Å². The minimum absolute atomic E-state index is 0.0630. The molecule has 4 fully saturated rings. The highest BCUT2D eigenvalue weighted by Crippen LogP contribution is 2.60. The Kier molecular flexibility index (Phi) is 6.26. The fourth-order valence-electron chi connectivity index (χ4n) is 6.81. The molecule has 2 bridgehead atoms. The Morgan fingerprint density at radius 1 is 0.970 bits per heavy atom. The van der Waals surface area contributed by atoms with Gasteiger partial charge in [0, 0.05) is 9.65 Å². The van der Waals surface area contributed by atoms with E-state index in [1.807, 2.05) is 0 Å². The van der Waals surface area contributed by atoms with E-state index in [0.717, 1.165) is 19.3 Å². The smallest absolute Gasteiger partial charge is 0.338 e. The number of halogens is 2. The van der Waals surface area contributed by atoms with Gasteiger partial charge in [-0.3, -0.25) is 14.5 Å². The summed E-state index contributed by atoms with van der Waals surface area (Å²) in [7, 11) is 0. The van der Waals surface area contributed by atoms with Crippen LogP contribution < -0.4 is 4.90 Å². The zero-order chi connectivity index (χ0) is 23.6. The van der Waals surface area contributed by atoms with Crippen LogP contribution in [0.2, 0.25) is 0 Å². The molecule has 0 radical (unpaired) electrons. The Labute approximate surface area is 212 Å². The molecule has 0 unspecified atom stereocenters. The van der Waals surface area contributed by atoms with Crippen LogP contribution in [0.15, 0.2) is 24.3 Å². The summed E-state index contributed by atoms with van der Waals surface area (Å²) in [5.41, 5.74) is 0.999. The summed E-state index contributed by atoms with van der Waals surface area (Å²) >= 11 is 7.45. The number of imide groups is 1. The number of carbonyl (C=O) groups is 3. The minimum Gasteiger partial charge on any atom is -0.458 e. The number of fused-ring (bicyclic) bond motifs is 5. The average molecular weight is 581 g/mol. The number of rotatable bonds is 4. The van der Waals surface area contributed by atoms with E-state index in [4.69, 9.17) is 4.74 Å². The van der Waals surface area contributed by atoms with Crippen molar-refractivity contribution in [3.8, 4) is 0 Å². The third kappa shape index (κ3) is 3.81. The predicted octanol–water partition coefficient (Wildman–Crippen LogP) is 5.59. The fourth-order valence-corrected chi connectivity index (χ4v) is 8.68. The van der Waals surface area contributed by atoms with Gasteiger partial charge >= 0.3 is 5.97 Å². The third-order valence-electron chi connectivity index (χ3n) is 8.57. The van der Waals surface area contributed by atoms with Crippen molar-refractivity contribution in [3.05, 3.63) is 29.8 Å². The molecule has 5 rings (SSSR count). The molecule has 3 aliphatic carbocycles. The van der Waals surface area contributed by atoms with Crippen LogP contribution >= 0.6 is 31.9 Å². The summed E-state index contributed by atoms with van der Waals surface area (Å²) in [6.07, 6.45) is 4.02. The molecule has 0 N–H and O–H groups in total. The molecule has 0 spiro atoms. The van der Waals surface area contributed by atoms with E-state index in [1.54, 1.807) is 24.3 Å². The van der Waals surface area contributed by atoms with Crippen molar-refractivity contribution in [3.63, 3.8) is 0 Å². The van der Waals surface area contributed by atoms with Crippen LogP contribution in [0.4, 0.5) is 5.69 Å². The fraction of sp³-hybridized carbons (Fsp3) is 0.654. The molecule has 1 aromatic carbocycles. The van der Waals surface area contributed by atoms with Crippen LogP contribution in [-0.2, 0) is 14.3 Å². The number of alkyl halides is 2. The number of carbonyl (C=O) groups excluding carboxylic acids is 3. The van der Waals surface area contributed by atoms with Gasteiger partial charge in [-0.2, -0.15) is 0 Å². The summed E-state index contributed by atoms with van der Waals surface area (Å²) in [4.78, 5) is 41.1. The van der Waals surface area contributed by atoms with Gasteiger partial charge in [0.25, 0.3) is 0 Å². The standard InChI is InChI=1S/C26H31Br2NO4/c1-12(2)16-9-4-13(3)10-19(16)33-26(32)14-5-7-15(8-6-14)29-24(30)20-17-11-18(21(20)25(29)31)23(28)22(17)27/h5-8,12-13,16-23H,4,9-11H2,1-3H3/t13-,16+,17-,18+,19-,20+,21-,22-,23+/m1/s1. The number of hydrogen-bond donors (Lipinski definition) is 0. The van der Waals surface area contributed by atoms with Gasteiger partial charge in [-0.15, -0.1) is 0 Å². The lowest BCUT2D eigenvalue weighted by Crippen LogP contribution is -2.37. The first-order chi connectivity index (χ1) is 15.7. The maximum Gasteiger partial charge on any atom is 0.338 e. The lowest BCUT2D eigenvalue weighted by molar-refractivity contribution is -0.123. The van der Waals surface area contributed by atoms with E-state index in [1.165, 1.54) is 11.3 Å². The number of anilines is 1. The second-order valence-corrected chi connectivity index (χ2v) is 12.9. The number of ether oxygens (including phenoxy) is 1. The van der Waals surface area contributed by atoms with E-state index in [2.05, 4.69) is 52.6 Å². The average Bonchev–Trinajstić information content (AvgIpc) is 3.38. The molecule has 178 valence electrons.